The molecule has 6 heteroatoms. The van der Waals surface area contributed by atoms with E-state index in [0.29, 0.717) is 11.1 Å². The summed E-state index contributed by atoms with van der Waals surface area (Å²) in [6, 6.07) is 11.5. The van der Waals surface area contributed by atoms with Gasteiger partial charge < -0.3 is 15.1 Å². The van der Waals surface area contributed by atoms with Crippen molar-refractivity contribution < 1.29 is 9.21 Å². The van der Waals surface area contributed by atoms with Crippen molar-refractivity contribution >= 4 is 35.2 Å². The molecule has 1 fully saturated rings. The molecule has 2 amide bonds. The molecule has 1 saturated heterocycles. The van der Waals surface area contributed by atoms with Crippen LogP contribution in [0.3, 0.4) is 0 Å². The lowest BCUT2D eigenvalue weighted by atomic mass is 10.2. The largest absolute Gasteiger partial charge is 0.467 e. The van der Waals surface area contributed by atoms with Crippen LogP contribution in [0.2, 0.25) is 0 Å². The van der Waals surface area contributed by atoms with Crippen LogP contribution >= 0.6 is 23.5 Å². The van der Waals surface area contributed by atoms with Gasteiger partial charge in [0.15, 0.2) is 0 Å². The fourth-order valence-corrected chi connectivity index (χ4v) is 5.07. The van der Waals surface area contributed by atoms with Gasteiger partial charge in [0, 0.05) is 5.69 Å². The van der Waals surface area contributed by atoms with Crippen molar-refractivity contribution in [1.82, 2.24) is 5.32 Å². The summed E-state index contributed by atoms with van der Waals surface area (Å²) in [5.41, 5.74) is 2.08. The molecule has 2 N–H and O–H groups in total. The molecule has 0 radical (unpaired) electrons. The molecular formula is C16H18N2O2S2. The number of carbonyl (C=O) groups is 1. The van der Waals surface area contributed by atoms with E-state index in [1.54, 1.807) is 12.3 Å². The number of hydrogen-bond acceptors (Lipinski definition) is 4. The van der Waals surface area contributed by atoms with Crippen LogP contribution in [0.25, 0.3) is 0 Å². The zero-order valence-corrected chi connectivity index (χ0v) is 13.7. The zero-order chi connectivity index (χ0) is 15.2. The van der Waals surface area contributed by atoms with Crippen molar-refractivity contribution in [2.45, 2.75) is 17.5 Å². The van der Waals surface area contributed by atoms with Gasteiger partial charge in [0.1, 0.15) is 5.76 Å². The van der Waals surface area contributed by atoms with Crippen LogP contribution in [0.4, 0.5) is 10.5 Å². The maximum atomic E-state index is 11.9. The first-order chi connectivity index (χ1) is 10.8. The Kier molecular flexibility index (Phi) is 5.34. The third kappa shape index (κ3) is 4.24. The highest BCUT2D eigenvalue weighted by Crippen LogP contribution is 2.43. The Morgan fingerprint density at radius 1 is 1.23 bits per heavy atom. The summed E-state index contributed by atoms with van der Waals surface area (Å²) in [6.45, 7) is 0.382. The molecule has 1 aliphatic heterocycles. The minimum atomic E-state index is -0.225. The van der Waals surface area contributed by atoms with Crippen LogP contribution < -0.4 is 10.6 Å². The summed E-state index contributed by atoms with van der Waals surface area (Å²) >= 11 is 3.95. The normalized spacial score (nSPS) is 15.5. The molecule has 0 saturated carbocycles. The molecule has 0 aliphatic carbocycles. The molecule has 1 aromatic carbocycles. The highest BCUT2D eigenvalue weighted by molar-refractivity contribution is 8.16. The molecule has 0 atom stereocenters. The topological polar surface area (TPSA) is 54.3 Å². The van der Waals surface area contributed by atoms with E-state index < -0.39 is 0 Å². The lowest BCUT2D eigenvalue weighted by Crippen LogP contribution is -2.28. The first-order valence-corrected chi connectivity index (χ1v) is 9.31. The van der Waals surface area contributed by atoms with Crippen molar-refractivity contribution in [2.75, 3.05) is 16.8 Å². The van der Waals surface area contributed by atoms with Gasteiger partial charge in [0.25, 0.3) is 0 Å². The number of furan rings is 1. The van der Waals surface area contributed by atoms with Crippen molar-refractivity contribution in [1.29, 1.82) is 0 Å². The summed E-state index contributed by atoms with van der Waals surface area (Å²) < 4.78 is 5.66. The summed E-state index contributed by atoms with van der Waals surface area (Å²) in [5.74, 6) is 3.15. The fraction of sp³-hybridized carbons (Fsp3) is 0.312. The van der Waals surface area contributed by atoms with Crippen molar-refractivity contribution in [3.8, 4) is 0 Å². The molecule has 3 rings (SSSR count). The fourth-order valence-electron chi connectivity index (χ4n) is 2.20. The number of nitrogens with one attached hydrogen (secondary N) is 2. The van der Waals surface area contributed by atoms with E-state index in [-0.39, 0.29) is 6.03 Å². The van der Waals surface area contributed by atoms with Gasteiger partial charge >= 0.3 is 6.03 Å². The van der Waals surface area contributed by atoms with Crippen LogP contribution in [0.5, 0.6) is 0 Å². The highest BCUT2D eigenvalue weighted by Gasteiger charge is 2.16. The molecule has 22 heavy (non-hydrogen) atoms. The summed E-state index contributed by atoms with van der Waals surface area (Å²) in [7, 11) is 0. The van der Waals surface area contributed by atoms with Crippen molar-refractivity contribution in [2.24, 2.45) is 0 Å². The molecular weight excluding hydrogens is 316 g/mol. The van der Waals surface area contributed by atoms with E-state index in [4.69, 9.17) is 4.42 Å². The summed E-state index contributed by atoms with van der Waals surface area (Å²) in [6.07, 6.45) is 2.87. The quantitative estimate of drug-likeness (QED) is 0.866. The van der Waals surface area contributed by atoms with Gasteiger partial charge in [0.2, 0.25) is 0 Å². The van der Waals surface area contributed by atoms with E-state index in [0.717, 1.165) is 11.4 Å². The third-order valence-electron chi connectivity index (χ3n) is 3.25. The van der Waals surface area contributed by atoms with Crippen LogP contribution in [-0.2, 0) is 6.54 Å². The van der Waals surface area contributed by atoms with Crippen LogP contribution in [0.15, 0.2) is 47.1 Å². The standard InChI is InChI=1S/C16H18N2O2S2/c19-16(17-11-14-6-2-7-20-14)18-13-5-1-4-12(10-13)15-21-8-3-9-22-15/h1-2,4-7,10,15H,3,8-9,11H2,(H2,17,18,19). The maximum absolute atomic E-state index is 11.9. The molecule has 2 aromatic rings. The molecule has 2 heterocycles. The number of hydrogen-bond donors (Lipinski definition) is 2. The molecule has 4 nitrogen and oxygen atoms in total. The zero-order valence-electron chi connectivity index (χ0n) is 12.1. The molecule has 0 unspecified atom stereocenters. The van der Waals surface area contributed by atoms with Crippen molar-refractivity contribution in [3.05, 3.63) is 54.0 Å². The molecule has 116 valence electrons. The lowest BCUT2D eigenvalue weighted by molar-refractivity contribution is 0.251. The Hall–Kier alpha value is -1.53. The van der Waals surface area contributed by atoms with E-state index >= 15 is 0 Å². The molecule has 0 spiro atoms. The molecule has 0 bridgehead atoms. The van der Waals surface area contributed by atoms with E-state index in [1.165, 1.54) is 23.5 Å². The minimum absolute atomic E-state index is 0.225. The van der Waals surface area contributed by atoms with E-state index in [2.05, 4.69) is 22.8 Å². The Balaban J connectivity index is 1.56. The van der Waals surface area contributed by atoms with E-state index in [1.807, 2.05) is 41.7 Å². The lowest BCUT2D eigenvalue weighted by Gasteiger charge is -2.21. The van der Waals surface area contributed by atoms with E-state index in [9.17, 15) is 4.79 Å². The van der Waals surface area contributed by atoms with Crippen LogP contribution in [0.1, 0.15) is 22.3 Å². The number of anilines is 1. The smallest absolute Gasteiger partial charge is 0.319 e. The number of thioether (sulfide) groups is 2. The second kappa shape index (κ2) is 7.65. The monoisotopic (exact) mass is 334 g/mol. The van der Waals surface area contributed by atoms with Gasteiger partial charge in [-0.15, -0.1) is 23.5 Å². The first-order valence-electron chi connectivity index (χ1n) is 7.22. The van der Waals surface area contributed by atoms with Crippen molar-refractivity contribution in [3.63, 3.8) is 0 Å². The number of carbonyl (C=O) groups excluding carboxylic acids is 1. The number of benzene rings is 1. The molecule has 1 aromatic heterocycles. The van der Waals surface area contributed by atoms with Crippen LogP contribution in [0, 0.1) is 0 Å². The SMILES string of the molecule is O=C(NCc1ccco1)Nc1cccc(C2SCCCS2)c1. The Bertz CT molecular complexity index is 610. The second-order valence-electron chi connectivity index (χ2n) is 4.94. The minimum Gasteiger partial charge on any atom is -0.467 e. The first kappa shape index (κ1) is 15.4. The van der Waals surface area contributed by atoms with Gasteiger partial charge in [-0.3, -0.25) is 0 Å². The van der Waals surface area contributed by atoms with Gasteiger partial charge in [-0.2, -0.15) is 0 Å². The Morgan fingerprint density at radius 2 is 2.09 bits per heavy atom. The summed E-state index contributed by atoms with van der Waals surface area (Å²) in [5, 5.41) is 5.65. The average Bonchev–Trinajstić information content (AvgIpc) is 3.08. The number of amides is 2. The van der Waals surface area contributed by atoms with Gasteiger partial charge in [-0.05, 0) is 47.8 Å². The number of urea groups is 1. The Labute approximate surface area is 138 Å². The summed E-state index contributed by atoms with van der Waals surface area (Å²) in [4.78, 5) is 11.9. The highest BCUT2D eigenvalue weighted by atomic mass is 32.2. The van der Waals surface area contributed by atoms with Gasteiger partial charge in [-0.1, -0.05) is 12.1 Å². The van der Waals surface area contributed by atoms with Gasteiger partial charge in [-0.25, -0.2) is 4.79 Å². The average molecular weight is 334 g/mol. The predicted octanol–water partition coefficient (Wildman–Crippen LogP) is 4.47. The number of rotatable bonds is 4. The predicted molar refractivity (Wildman–Crippen MR) is 93.3 cm³/mol. The Morgan fingerprint density at radius 3 is 2.86 bits per heavy atom. The second-order valence-corrected chi connectivity index (χ2v) is 7.66. The molecule has 1 aliphatic rings. The van der Waals surface area contributed by atoms with Gasteiger partial charge in [0.05, 0.1) is 17.4 Å². The van der Waals surface area contributed by atoms with Crippen LogP contribution in [-0.4, -0.2) is 17.5 Å². The third-order valence-corrected chi connectivity index (χ3v) is 6.26. The maximum Gasteiger partial charge on any atom is 0.319 e.